The largest absolute Gasteiger partial charge is 0.251 e. The van der Waals surface area contributed by atoms with Gasteiger partial charge in [-0.1, -0.05) is 33.8 Å². The van der Waals surface area contributed by atoms with E-state index in [2.05, 4.69) is 65.8 Å². The molecule has 0 aliphatic rings. The zero-order valence-electron chi connectivity index (χ0n) is 13.4. The van der Waals surface area contributed by atoms with E-state index >= 15 is 0 Å². The van der Waals surface area contributed by atoms with Crippen molar-refractivity contribution < 1.29 is 0 Å². The van der Waals surface area contributed by atoms with E-state index in [0.717, 1.165) is 22.8 Å². The van der Waals surface area contributed by atoms with Crippen molar-refractivity contribution in [2.45, 2.75) is 53.4 Å². The highest BCUT2D eigenvalue weighted by Crippen LogP contribution is 2.25. The third kappa shape index (κ3) is 3.06. The van der Waals surface area contributed by atoms with Crippen LogP contribution in [0.4, 0.5) is 0 Å². The van der Waals surface area contributed by atoms with Crippen molar-refractivity contribution >= 4 is 0 Å². The number of hydrogen-bond donors (Lipinski definition) is 0. The maximum atomic E-state index is 4.82. The van der Waals surface area contributed by atoms with Gasteiger partial charge in [0, 0.05) is 11.4 Å². The van der Waals surface area contributed by atoms with Crippen molar-refractivity contribution in [1.29, 1.82) is 0 Å². The molecule has 20 heavy (non-hydrogen) atoms. The Kier molecular flexibility index (Phi) is 4.22. The zero-order valence-corrected chi connectivity index (χ0v) is 13.4. The standard InChI is InChI=1S/C18H24N2/c1-11(2)15-8-7-14(6)18(20-15)17-10-13(5)9-16(19-17)12(3)4/h7-12H,1-6H3. The van der Waals surface area contributed by atoms with E-state index in [4.69, 9.17) is 9.97 Å². The molecule has 0 aliphatic carbocycles. The third-order valence-corrected chi connectivity index (χ3v) is 3.53. The van der Waals surface area contributed by atoms with Crippen molar-refractivity contribution in [2.75, 3.05) is 0 Å². The Hall–Kier alpha value is -1.70. The summed E-state index contributed by atoms with van der Waals surface area (Å²) in [6.45, 7) is 12.9. The Morgan fingerprint density at radius 2 is 1.45 bits per heavy atom. The van der Waals surface area contributed by atoms with Crippen LogP contribution in [-0.2, 0) is 0 Å². The highest BCUT2D eigenvalue weighted by atomic mass is 14.8. The average molecular weight is 268 g/mol. The van der Waals surface area contributed by atoms with Gasteiger partial charge >= 0.3 is 0 Å². The molecule has 2 rings (SSSR count). The van der Waals surface area contributed by atoms with Crippen LogP contribution in [0.25, 0.3) is 11.4 Å². The minimum absolute atomic E-state index is 0.433. The number of rotatable bonds is 3. The molecule has 0 unspecified atom stereocenters. The molecule has 2 nitrogen and oxygen atoms in total. The fourth-order valence-corrected chi connectivity index (χ4v) is 2.24. The Balaban J connectivity index is 2.58. The zero-order chi connectivity index (χ0) is 14.9. The molecule has 0 saturated heterocycles. The molecule has 0 aromatic carbocycles. The maximum absolute atomic E-state index is 4.82. The summed E-state index contributed by atoms with van der Waals surface area (Å²) in [6, 6.07) is 8.56. The molecule has 2 heterocycles. The first kappa shape index (κ1) is 14.7. The molecule has 2 heteroatoms. The van der Waals surface area contributed by atoms with Gasteiger partial charge in [0.1, 0.15) is 0 Å². The summed E-state index contributed by atoms with van der Waals surface area (Å²) in [5, 5.41) is 0. The monoisotopic (exact) mass is 268 g/mol. The van der Waals surface area contributed by atoms with E-state index in [0.29, 0.717) is 11.8 Å². The highest BCUT2D eigenvalue weighted by molar-refractivity contribution is 5.60. The summed E-state index contributed by atoms with van der Waals surface area (Å²) in [7, 11) is 0. The third-order valence-electron chi connectivity index (χ3n) is 3.53. The quantitative estimate of drug-likeness (QED) is 0.782. The number of hydrogen-bond acceptors (Lipinski definition) is 2. The first-order valence-electron chi connectivity index (χ1n) is 7.35. The molecule has 106 valence electrons. The number of pyridine rings is 2. The van der Waals surface area contributed by atoms with Crippen LogP contribution in [-0.4, -0.2) is 9.97 Å². The van der Waals surface area contributed by atoms with Crippen LogP contribution >= 0.6 is 0 Å². The summed E-state index contributed by atoms with van der Waals surface area (Å²) in [4.78, 5) is 9.62. The summed E-state index contributed by atoms with van der Waals surface area (Å²) in [5.74, 6) is 0.867. The van der Waals surface area contributed by atoms with Gasteiger partial charge in [-0.15, -0.1) is 0 Å². The van der Waals surface area contributed by atoms with Gasteiger partial charge in [0.15, 0.2) is 0 Å². The first-order valence-corrected chi connectivity index (χ1v) is 7.35. The predicted molar refractivity (Wildman–Crippen MR) is 85.1 cm³/mol. The van der Waals surface area contributed by atoms with Gasteiger partial charge in [-0.05, 0) is 55.0 Å². The lowest BCUT2D eigenvalue weighted by Crippen LogP contribution is -2.01. The molecule has 0 bridgehead atoms. The van der Waals surface area contributed by atoms with Crippen LogP contribution in [0.1, 0.15) is 62.0 Å². The molecule has 2 aromatic heterocycles. The lowest BCUT2D eigenvalue weighted by molar-refractivity contribution is 0.813. The van der Waals surface area contributed by atoms with Crippen LogP contribution in [0, 0.1) is 13.8 Å². The van der Waals surface area contributed by atoms with Gasteiger partial charge in [0.25, 0.3) is 0 Å². The average Bonchev–Trinajstić information content (AvgIpc) is 2.38. The molecular formula is C18H24N2. The number of aromatic nitrogens is 2. The Bertz CT molecular complexity index is 613. The second-order valence-electron chi connectivity index (χ2n) is 6.17. The smallest absolute Gasteiger partial charge is 0.0918 e. The molecule has 0 amide bonds. The van der Waals surface area contributed by atoms with Crippen LogP contribution in [0.3, 0.4) is 0 Å². The second-order valence-corrected chi connectivity index (χ2v) is 6.17. The van der Waals surface area contributed by atoms with Crippen LogP contribution in [0.2, 0.25) is 0 Å². The summed E-state index contributed by atoms with van der Waals surface area (Å²) >= 11 is 0. The van der Waals surface area contributed by atoms with Gasteiger partial charge in [0.05, 0.1) is 11.4 Å². The molecule has 2 aromatic rings. The molecule has 0 aliphatic heterocycles. The van der Waals surface area contributed by atoms with E-state index < -0.39 is 0 Å². The van der Waals surface area contributed by atoms with Crippen molar-refractivity contribution in [3.05, 3.63) is 46.8 Å². The lowest BCUT2D eigenvalue weighted by atomic mass is 10.0. The van der Waals surface area contributed by atoms with Crippen molar-refractivity contribution in [3.63, 3.8) is 0 Å². The minimum Gasteiger partial charge on any atom is -0.251 e. The first-order chi connectivity index (χ1) is 9.38. The van der Waals surface area contributed by atoms with Gasteiger partial charge in [-0.2, -0.15) is 0 Å². The minimum atomic E-state index is 0.433. The lowest BCUT2D eigenvalue weighted by Gasteiger charge is -2.13. The fourth-order valence-electron chi connectivity index (χ4n) is 2.24. The van der Waals surface area contributed by atoms with E-state index in [9.17, 15) is 0 Å². The highest BCUT2D eigenvalue weighted by Gasteiger charge is 2.11. The van der Waals surface area contributed by atoms with E-state index in [1.807, 2.05) is 0 Å². The van der Waals surface area contributed by atoms with Crippen LogP contribution in [0.5, 0.6) is 0 Å². The van der Waals surface area contributed by atoms with Crippen LogP contribution in [0.15, 0.2) is 24.3 Å². The van der Waals surface area contributed by atoms with Crippen molar-refractivity contribution in [3.8, 4) is 11.4 Å². The van der Waals surface area contributed by atoms with E-state index in [1.54, 1.807) is 0 Å². The summed E-state index contributed by atoms with van der Waals surface area (Å²) in [6.07, 6.45) is 0. The fraction of sp³-hybridized carbons (Fsp3) is 0.444. The van der Waals surface area contributed by atoms with E-state index in [-0.39, 0.29) is 0 Å². The summed E-state index contributed by atoms with van der Waals surface area (Å²) in [5.41, 5.74) is 6.70. The number of nitrogens with zero attached hydrogens (tertiary/aromatic N) is 2. The molecule has 0 fully saturated rings. The Morgan fingerprint density at radius 3 is 2.05 bits per heavy atom. The maximum Gasteiger partial charge on any atom is 0.0918 e. The molecule has 0 N–H and O–H groups in total. The van der Waals surface area contributed by atoms with Gasteiger partial charge in [0.2, 0.25) is 0 Å². The van der Waals surface area contributed by atoms with Gasteiger partial charge < -0.3 is 0 Å². The number of aryl methyl sites for hydroxylation is 2. The molecule has 0 radical (unpaired) electrons. The molecule has 0 spiro atoms. The Labute approximate surface area is 122 Å². The summed E-state index contributed by atoms with van der Waals surface area (Å²) < 4.78 is 0. The van der Waals surface area contributed by atoms with Crippen LogP contribution < -0.4 is 0 Å². The normalized spacial score (nSPS) is 11.4. The Morgan fingerprint density at radius 1 is 0.800 bits per heavy atom. The van der Waals surface area contributed by atoms with Gasteiger partial charge in [-0.25, -0.2) is 0 Å². The SMILES string of the molecule is Cc1cc(-c2nc(C(C)C)ccc2C)nc(C(C)C)c1. The molecule has 0 atom stereocenters. The molecule has 0 saturated carbocycles. The second kappa shape index (κ2) is 5.74. The topological polar surface area (TPSA) is 25.8 Å². The van der Waals surface area contributed by atoms with Gasteiger partial charge in [-0.3, -0.25) is 9.97 Å². The van der Waals surface area contributed by atoms with E-state index in [1.165, 1.54) is 11.1 Å². The van der Waals surface area contributed by atoms with Crippen molar-refractivity contribution in [1.82, 2.24) is 9.97 Å². The van der Waals surface area contributed by atoms with Crippen molar-refractivity contribution in [2.24, 2.45) is 0 Å². The molecular weight excluding hydrogens is 244 g/mol. The predicted octanol–water partition coefficient (Wildman–Crippen LogP) is 5.01.